The van der Waals surface area contributed by atoms with Crippen molar-refractivity contribution in [2.24, 2.45) is 4.99 Å². The highest BCUT2D eigenvalue weighted by Crippen LogP contribution is 2.41. The number of rotatable bonds is 8. The Labute approximate surface area is 201 Å². The number of carbonyl (C=O) groups excluding carboxylic acids is 1. The fourth-order valence-corrected chi connectivity index (χ4v) is 4.06. The smallest absolute Gasteiger partial charge is 0.343 e. The van der Waals surface area contributed by atoms with Gasteiger partial charge >= 0.3 is 5.97 Å². The van der Waals surface area contributed by atoms with E-state index in [0.717, 1.165) is 5.39 Å². The van der Waals surface area contributed by atoms with Gasteiger partial charge in [0.15, 0.2) is 5.54 Å². The van der Waals surface area contributed by atoms with Gasteiger partial charge in [-0.2, -0.15) is 0 Å². The zero-order valence-corrected chi connectivity index (χ0v) is 19.1. The zero-order valence-electron chi connectivity index (χ0n) is 19.1. The summed E-state index contributed by atoms with van der Waals surface area (Å²) < 4.78 is 51.1. The highest BCUT2D eigenvalue weighted by Gasteiger charge is 2.54. The van der Waals surface area contributed by atoms with Crippen LogP contribution in [0.5, 0.6) is 0 Å². The average molecular weight is 476 g/mol. The molecule has 0 amide bonds. The summed E-state index contributed by atoms with van der Waals surface area (Å²) in [6, 6.07) is 29.0. The molecule has 6 heteroatoms. The first-order chi connectivity index (χ1) is 17.0. The van der Waals surface area contributed by atoms with Gasteiger partial charge in [-0.1, -0.05) is 97.1 Å². The third-order valence-electron chi connectivity index (χ3n) is 5.82. The zero-order chi connectivity index (χ0) is 24.8. The summed E-state index contributed by atoms with van der Waals surface area (Å²) in [5.74, 6) is -1.38. The second-order valence-electron chi connectivity index (χ2n) is 8.00. The van der Waals surface area contributed by atoms with Crippen molar-refractivity contribution >= 4 is 22.5 Å². The maximum absolute atomic E-state index is 16.0. The first kappa shape index (κ1) is 24.2. The summed E-state index contributed by atoms with van der Waals surface area (Å²) in [6.45, 7) is 1.34. The van der Waals surface area contributed by atoms with Crippen molar-refractivity contribution in [3.8, 4) is 0 Å². The predicted octanol–water partition coefficient (Wildman–Crippen LogP) is 6.74. The Kier molecular flexibility index (Phi) is 7.30. The van der Waals surface area contributed by atoms with Crippen LogP contribution in [0.2, 0.25) is 0 Å². The molecular weight excluding hydrogens is 451 g/mol. The van der Waals surface area contributed by atoms with E-state index in [1.165, 1.54) is 19.1 Å². The van der Waals surface area contributed by atoms with Crippen LogP contribution in [0.3, 0.4) is 0 Å². The third-order valence-corrected chi connectivity index (χ3v) is 5.82. The number of halogens is 3. The molecule has 178 valence electrons. The highest BCUT2D eigenvalue weighted by atomic mass is 19.3. The van der Waals surface area contributed by atoms with Gasteiger partial charge in [0.25, 0.3) is 6.43 Å². The van der Waals surface area contributed by atoms with Crippen molar-refractivity contribution < 1.29 is 22.7 Å². The van der Waals surface area contributed by atoms with Gasteiger partial charge in [-0.25, -0.2) is 18.0 Å². The van der Waals surface area contributed by atoms with Gasteiger partial charge in [-0.3, -0.25) is 4.99 Å². The normalized spacial score (nSPS) is 13.7. The Balaban J connectivity index is 2.05. The molecule has 0 saturated heterocycles. The van der Waals surface area contributed by atoms with E-state index in [0.29, 0.717) is 16.5 Å². The lowest BCUT2D eigenvalue weighted by molar-refractivity contribution is -0.155. The maximum Gasteiger partial charge on any atom is 0.343 e. The minimum Gasteiger partial charge on any atom is -0.464 e. The molecule has 0 aromatic heterocycles. The molecule has 2 unspecified atom stereocenters. The monoisotopic (exact) mass is 475 g/mol. The van der Waals surface area contributed by atoms with Crippen molar-refractivity contribution in [2.45, 2.75) is 25.1 Å². The molecule has 4 aromatic rings. The van der Waals surface area contributed by atoms with Crippen LogP contribution in [0.1, 0.15) is 23.6 Å². The molecule has 4 aromatic carbocycles. The topological polar surface area (TPSA) is 38.7 Å². The number of carbonyl (C=O) groups is 1. The molecule has 0 aliphatic heterocycles. The van der Waals surface area contributed by atoms with Gasteiger partial charge in [0.05, 0.1) is 12.3 Å². The van der Waals surface area contributed by atoms with Crippen LogP contribution in [-0.2, 0) is 15.1 Å². The second kappa shape index (κ2) is 10.6. The molecule has 0 aliphatic rings. The van der Waals surface area contributed by atoms with E-state index in [9.17, 15) is 4.79 Å². The van der Waals surface area contributed by atoms with E-state index in [2.05, 4.69) is 4.99 Å². The Morgan fingerprint density at radius 1 is 0.800 bits per heavy atom. The molecule has 2 atom stereocenters. The van der Waals surface area contributed by atoms with Crippen LogP contribution in [0.25, 0.3) is 10.8 Å². The number of hydrogen-bond donors (Lipinski definition) is 0. The van der Waals surface area contributed by atoms with Crippen LogP contribution in [0.4, 0.5) is 13.2 Å². The van der Waals surface area contributed by atoms with E-state index in [1.54, 1.807) is 78.9 Å². The van der Waals surface area contributed by atoms with Crippen molar-refractivity contribution in [3.63, 3.8) is 0 Å². The minimum atomic E-state index is -3.36. The van der Waals surface area contributed by atoms with Crippen molar-refractivity contribution in [3.05, 3.63) is 120 Å². The van der Waals surface area contributed by atoms with Gasteiger partial charge in [0.2, 0.25) is 6.17 Å². The van der Waals surface area contributed by atoms with E-state index in [-0.39, 0.29) is 17.9 Å². The molecule has 3 nitrogen and oxygen atoms in total. The predicted molar refractivity (Wildman–Crippen MR) is 132 cm³/mol. The maximum atomic E-state index is 16.0. The Morgan fingerprint density at radius 3 is 1.89 bits per heavy atom. The van der Waals surface area contributed by atoms with E-state index in [1.807, 2.05) is 12.1 Å². The average Bonchev–Trinajstić information content (AvgIpc) is 2.90. The summed E-state index contributed by atoms with van der Waals surface area (Å²) in [7, 11) is 0. The molecule has 0 saturated carbocycles. The molecule has 0 radical (unpaired) electrons. The first-order valence-electron chi connectivity index (χ1n) is 11.3. The summed E-state index contributed by atoms with van der Waals surface area (Å²) in [5, 5.41) is 1.42. The van der Waals surface area contributed by atoms with E-state index in [4.69, 9.17) is 4.74 Å². The molecule has 0 fully saturated rings. The second-order valence-corrected chi connectivity index (χ2v) is 8.00. The summed E-state index contributed by atoms with van der Waals surface area (Å²) >= 11 is 0. The lowest BCUT2D eigenvalue weighted by Gasteiger charge is -2.33. The van der Waals surface area contributed by atoms with Gasteiger partial charge in [0.1, 0.15) is 0 Å². The van der Waals surface area contributed by atoms with Crippen LogP contribution < -0.4 is 0 Å². The van der Waals surface area contributed by atoms with Gasteiger partial charge in [0, 0.05) is 11.1 Å². The first-order valence-corrected chi connectivity index (χ1v) is 11.3. The van der Waals surface area contributed by atoms with Crippen LogP contribution in [0.15, 0.2) is 108 Å². The molecule has 0 heterocycles. The van der Waals surface area contributed by atoms with E-state index < -0.39 is 24.1 Å². The summed E-state index contributed by atoms with van der Waals surface area (Å²) in [6.07, 6.45) is -6.10. The van der Waals surface area contributed by atoms with Crippen molar-refractivity contribution in [1.29, 1.82) is 0 Å². The largest absolute Gasteiger partial charge is 0.464 e. The number of aliphatic imine (C=N–C) groups is 1. The van der Waals surface area contributed by atoms with Gasteiger partial charge in [-0.15, -0.1) is 0 Å². The molecule has 4 rings (SSSR count). The Morgan fingerprint density at radius 2 is 1.34 bits per heavy atom. The number of hydrogen-bond acceptors (Lipinski definition) is 3. The quantitative estimate of drug-likeness (QED) is 0.209. The van der Waals surface area contributed by atoms with Crippen molar-refractivity contribution in [1.82, 2.24) is 0 Å². The van der Waals surface area contributed by atoms with Gasteiger partial charge in [-0.05, 0) is 29.3 Å². The number of esters is 1. The highest BCUT2D eigenvalue weighted by molar-refractivity contribution is 6.13. The molecule has 0 spiro atoms. The Hall–Kier alpha value is -3.93. The van der Waals surface area contributed by atoms with E-state index >= 15 is 13.2 Å². The number of ether oxygens (including phenoxy) is 1. The lowest BCUT2D eigenvalue weighted by atomic mass is 9.83. The van der Waals surface area contributed by atoms with Gasteiger partial charge < -0.3 is 4.74 Å². The summed E-state index contributed by atoms with van der Waals surface area (Å²) in [5.41, 5.74) is -1.78. The SMILES string of the molecule is CCOC(=O)C(F)C(N=C(c1ccccc1)c1ccccc1)(c1ccc2ccccc2c1)C(F)F. The lowest BCUT2D eigenvalue weighted by Crippen LogP contribution is -2.47. The van der Waals surface area contributed by atoms with Crippen LogP contribution in [-0.4, -0.2) is 30.9 Å². The standard InChI is InChI=1S/C29H24F3NO2/c1-2-35-27(34)26(30)29(28(31)32,24-18-17-20-11-9-10-16-23(20)19-24)33-25(21-12-5-3-6-13-21)22-14-7-4-8-15-22/h3-19,26,28H,2H2,1H3. The molecular formula is C29H24F3NO2. The van der Waals surface area contributed by atoms with Crippen LogP contribution >= 0.6 is 0 Å². The number of alkyl halides is 3. The minimum absolute atomic E-state index is 0.115. The summed E-state index contributed by atoms with van der Waals surface area (Å²) in [4.78, 5) is 17.0. The number of fused-ring (bicyclic) bond motifs is 1. The molecule has 0 bridgehead atoms. The number of benzene rings is 4. The third kappa shape index (κ3) is 4.83. The Bertz CT molecular complexity index is 1280. The van der Waals surface area contributed by atoms with Crippen LogP contribution in [0, 0.1) is 0 Å². The van der Waals surface area contributed by atoms with Crippen molar-refractivity contribution in [2.75, 3.05) is 6.61 Å². The molecule has 0 N–H and O–H groups in total. The number of nitrogens with zero attached hydrogens (tertiary/aromatic N) is 1. The molecule has 35 heavy (non-hydrogen) atoms. The fourth-order valence-electron chi connectivity index (χ4n) is 4.06. The fraction of sp³-hybridized carbons (Fsp3) is 0.172. The molecule has 0 aliphatic carbocycles.